The normalized spacial score (nSPS) is 14.1. The zero-order valence-corrected chi connectivity index (χ0v) is 8.08. The summed E-state index contributed by atoms with van der Waals surface area (Å²) in [6.07, 6.45) is 1.29. The summed E-state index contributed by atoms with van der Waals surface area (Å²) in [5.74, 6) is -1.48. The van der Waals surface area contributed by atoms with Crippen LogP contribution in [0.1, 0.15) is 12.6 Å². The molecule has 1 unspecified atom stereocenters. The summed E-state index contributed by atoms with van der Waals surface area (Å²) in [7, 11) is 0. The van der Waals surface area contributed by atoms with E-state index in [0.29, 0.717) is 5.02 Å². The zero-order valence-electron chi connectivity index (χ0n) is 7.32. The van der Waals surface area contributed by atoms with Crippen LogP contribution in [0.4, 0.5) is 0 Å². The topological polar surface area (TPSA) is 76.8 Å². The van der Waals surface area contributed by atoms with Crippen molar-refractivity contribution in [1.82, 2.24) is 4.98 Å². The molecule has 5 heteroatoms. The number of hydrogen-bond donors (Lipinski definition) is 0. The van der Waals surface area contributed by atoms with Crippen molar-refractivity contribution in [2.75, 3.05) is 0 Å². The van der Waals surface area contributed by atoms with Crippen molar-refractivity contribution in [1.29, 1.82) is 5.26 Å². The van der Waals surface area contributed by atoms with Gasteiger partial charge in [0.05, 0.1) is 22.8 Å². The minimum absolute atomic E-state index is 0.115. The van der Waals surface area contributed by atoms with E-state index in [-0.39, 0.29) is 5.69 Å². The molecule has 0 N–H and O–H groups in total. The molecular formula is C9H6ClN2O2-. The van der Waals surface area contributed by atoms with Crippen LogP contribution in [0.3, 0.4) is 0 Å². The maximum Gasteiger partial charge on any atom is 0.135 e. The van der Waals surface area contributed by atoms with Gasteiger partial charge in [-0.3, -0.25) is 4.98 Å². The molecule has 0 fully saturated rings. The lowest BCUT2D eigenvalue weighted by molar-refractivity contribution is -0.311. The first-order chi connectivity index (χ1) is 6.50. The summed E-state index contributed by atoms with van der Waals surface area (Å²) < 4.78 is 0. The van der Waals surface area contributed by atoms with Crippen LogP contribution >= 0.6 is 11.6 Å². The lowest BCUT2D eigenvalue weighted by atomic mass is 9.88. The van der Waals surface area contributed by atoms with Gasteiger partial charge in [-0.05, 0) is 19.1 Å². The fourth-order valence-electron chi connectivity index (χ4n) is 0.879. The molecule has 0 aliphatic heterocycles. The fraction of sp³-hybridized carbons (Fsp3) is 0.222. The SMILES string of the molecule is CC(C#N)(C(=O)[O-])c1ccc(Cl)cn1. The van der Waals surface area contributed by atoms with Gasteiger partial charge in [-0.15, -0.1) is 0 Å². The van der Waals surface area contributed by atoms with Gasteiger partial charge in [-0.1, -0.05) is 11.6 Å². The summed E-state index contributed by atoms with van der Waals surface area (Å²) in [6.45, 7) is 1.23. The molecule has 0 saturated carbocycles. The molecule has 72 valence electrons. The number of aromatic nitrogens is 1. The second-order valence-electron chi connectivity index (χ2n) is 2.89. The molecule has 0 saturated heterocycles. The van der Waals surface area contributed by atoms with Gasteiger partial charge < -0.3 is 9.90 Å². The molecule has 0 aromatic carbocycles. The molecule has 0 spiro atoms. The van der Waals surface area contributed by atoms with Crippen molar-refractivity contribution in [2.24, 2.45) is 0 Å². The maximum atomic E-state index is 10.7. The van der Waals surface area contributed by atoms with Crippen LogP contribution in [0.15, 0.2) is 18.3 Å². The molecule has 0 aliphatic rings. The maximum absolute atomic E-state index is 10.7. The number of aliphatic carboxylic acids is 1. The van der Waals surface area contributed by atoms with E-state index in [1.807, 2.05) is 0 Å². The van der Waals surface area contributed by atoms with Gasteiger partial charge in [0, 0.05) is 6.20 Å². The van der Waals surface area contributed by atoms with E-state index in [1.165, 1.54) is 25.3 Å². The Labute approximate surface area is 85.8 Å². The molecule has 4 nitrogen and oxygen atoms in total. The van der Waals surface area contributed by atoms with Crippen molar-refractivity contribution in [3.63, 3.8) is 0 Å². The van der Waals surface area contributed by atoms with Crippen LogP contribution in [-0.4, -0.2) is 11.0 Å². The van der Waals surface area contributed by atoms with E-state index in [4.69, 9.17) is 16.9 Å². The second-order valence-corrected chi connectivity index (χ2v) is 3.32. The third-order valence-corrected chi connectivity index (χ3v) is 2.10. The van der Waals surface area contributed by atoms with Crippen molar-refractivity contribution < 1.29 is 9.90 Å². The highest BCUT2D eigenvalue weighted by atomic mass is 35.5. The second kappa shape index (κ2) is 3.64. The number of hydrogen-bond acceptors (Lipinski definition) is 4. The molecule has 1 heterocycles. The smallest absolute Gasteiger partial charge is 0.135 e. The highest BCUT2D eigenvalue weighted by Crippen LogP contribution is 2.21. The van der Waals surface area contributed by atoms with Crippen molar-refractivity contribution in [3.05, 3.63) is 29.0 Å². The lowest BCUT2D eigenvalue weighted by Gasteiger charge is -2.21. The van der Waals surface area contributed by atoms with Gasteiger partial charge in [-0.25, -0.2) is 0 Å². The molecule has 0 radical (unpaired) electrons. The largest absolute Gasteiger partial charge is 0.548 e. The number of pyridine rings is 1. The van der Waals surface area contributed by atoms with Crippen LogP contribution < -0.4 is 5.11 Å². The summed E-state index contributed by atoms with van der Waals surface area (Å²) >= 11 is 5.58. The Balaban J connectivity index is 3.22. The molecule has 14 heavy (non-hydrogen) atoms. The third kappa shape index (κ3) is 1.68. The summed E-state index contributed by atoms with van der Waals surface area (Å²) in [5, 5.41) is 19.8. The summed E-state index contributed by atoms with van der Waals surface area (Å²) in [5.41, 5.74) is -1.62. The average molecular weight is 210 g/mol. The van der Waals surface area contributed by atoms with E-state index in [2.05, 4.69) is 4.98 Å². The van der Waals surface area contributed by atoms with Crippen molar-refractivity contribution >= 4 is 17.6 Å². The Hall–Kier alpha value is -1.60. The Morgan fingerprint density at radius 1 is 1.71 bits per heavy atom. The highest BCUT2D eigenvalue weighted by Gasteiger charge is 2.29. The van der Waals surface area contributed by atoms with Crippen LogP contribution in [0.2, 0.25) is 5.02 Å². The molecular weight excluding hydrogens is 204 g/mol. The highest BCUT2D eigenvalue weighted by molar-refractivity contribution is 6.30. The van der Waals surface area contributed by atoms with Gasteiger partial charge in [0.25, 0.3) is 0 Å². The number of carbonyl (C=O) groups is 1. The number of carboxylic acid groups (broad SMARTS) is 1. The van der Waals surface area contributed by atoms with Gasteiger partial charge in [0.15, 0.2) is 0 Å². The first-order valence-electron chi connectivity index (χ1n) is 3.75. The van der Waals surface area contributed by atoms with Crippen LogP contribution in [0, 0.1) is 11.3 Å². The van der Waals surface area contributed by atoms with E-state index >= 15 is 0 Å². The van der Waals surface area contributed by atoms with Gasteiger partial charge >= 0.3 is 0 Å². The zero-order chi connectivity index (χ0) is 10.8. The molecule has 1 rings (SSSR count). The average Bonchev–Trinajstić information content (AvgIpc) is 2.17. The van der Waals surface area contributed by atoms with Crippen molar-refractivity contribution in [2.45, 2.75) is 12.3 Å². The summed E-state index contributed by atoms with van der Waals surface area (Å²) in [6, 6.07) is 4.51. The number of halogens is 1. The predicted octanol–water partition coefficient (Wildman–Crippen LogP) is 0.266. The Bertz CT molecular complexity index is 396. The minimum atomic E-state index is -1.73. The summed E-state index contributed by atoms with van der Waals surface area (Å²) in [4.78, 5) is 14.5. The van der Waals surface area contributed by atoms with Crippen LogP contribution in [-0.2, 0) is 10.2 Å². The number of nitrogens with zero attached hydrogens (tertiary/aromatic N) is 2. The van der Waals surface area contributed by atoms with E-state index in [9.17, 15) is 9.90 Å². The number of carboxylic acids is 1. The first kappa shape index (κ1) is 10.5. The lowest BCUT2D eigenvalue weighted by Crippen LogP contribution is -2.43. The Morgan fingerprint density at radius 3 is 2.71 bits per heavy atom. The standard InChI is InChI=1S/C9H7ClN2O2/c1-9(5-11,8(13)14)7-3-2-6(10)4-12-7/h2-4H,1H3,(H,13,14)/p-1. The van der Waals surface area contributed by atoms with Gasteiger partial charge in [0.2, 0.25) is 0 Å². The first-order valence-corrected chi connectivity index (χ1v) is 4.13. The minimum Gasteiger partial charge on any atom is -0.548 e. The van der Waals surface area contributed by atoms with Crippen LogP contribution in [0.25, 0.3) is 0 Å². The van der Waals surface area contributed by atoms with Crippen LogP contribution in [0.5, 0.6) is 0 Å². The number of carbonyl (C=O) groups excluding carboxylic acids is 1. The number of rotatable bonds is 2. The molecule has 0 aliphatic carbocycles. The molecule has 1 atom stereocenters. The van der Waals surface area contributed by atoms with E-state index < -0.39 is 11.4 Å². The fourth-order valence-corrected chi connectivity index (χ4v) is 0.991. The molecule has 0 amide bonds. The van der Waals surface area contributed by atoms with Gasteiger partial charge in [0.1, 0.15) is 5.41 Å². The Morgan fingerprint density at radius 2 is 2.36 bits per heavy atom. The quantitative estimate of drug-likeness (QED) is 0.700. The van der Waals surface area contributed by atoms with E-state index in [1.54, 1.807) is 6.07 Å². The monoisotopic (exact) mass is 209 g/mol. The molecule has 1 aromatic rings. The third-order valence-electron chi connectivity index (χ3n) is 1.87. The predicted molar refractivity (Wildman–Crippen MR) is 47.2 cm³/mol. The molecule has 1 aromatic heterocycles. The van der Waals surface area contributed by atoms with Crippen molar-refractivity contribution in [3.8, 4) is 6.07 Å². The van der Waals surface area contributed by atoms with Gasteiger partial charge in [-0.2, -0.15) is 5.26 Å². The number of nitriles is 1. The molecule has 0 bridgehead atoms. The van der Waals surface area contributed by atoms with E-state index in [0.717, 1.165) is 0 Å². The Kier molecular flexibility index (Phi) is 2.73.